The molecule has 0 aromatic carbocycles. The fourth-order valence-electron chi connectivity index (χ4n) is 3.08. The number of anilines is 3. The first-order valence-corrected chi connectivity index (χ1v) is 6.41. The van der Waals surface area contributed by atoms with Crippen LogP contribution in [0.3, 0.4) is 0 Å². The van der Waals surface area contributed by atoms with Gasteiger partial charge in [-0.25, -0.2) is 0 Å². The highest BCUT2D eigenvalue weighted by Gasteiger charge is 2.38. The molecule has 92 valence electrons. The molecular formula is C12H19N5. The minimum absolute atomic E-state index is 0.362. The van der Waals surface area contributed by atoms with E-state index < -0.39 is 0 Å². The minimum Gasteiger partial charge on any atom is -0.370 e. The monoisotopic (exact) mass is 233 g/mol. The third-order valence-corrected chi connectivity index (χ3v) is 3.79. The van der Waals surface area contributed by atoms with Crippen molar-refractivity contribution in [3.05, 3.63) is 6.07 Å². The zero-order valence-corrected chi connectivity index (χ0v) is 10.2. The van der Waals surface area contributed by atoms with Crippen molar-refractivity contribution in [1.82, 2.24) is 9.97 Å². The summed E-state index contributed by atoms with van der Waals surface area (Å²) in [4.78, 5) is 11.0. The van der Waals surface area contributed by atoms with Crippen LogP contribution in [-0.2, 0) is 0 Å². The van der Waals surface area contributed by atoms with Crippen LogP contribution in [0, 0.1) is 5.92 Å². The molecule has 17 heavy (non-hydrogen) atoms. The Bertz CT molecular complexity index is 419. The summed E-state index contributed by atoms with van der Waals surface area (Å²) in [5, 5.41) is 3.20. The molecular weight excluding hydrogens is 214 g/mol. The van der Waals surface area contributed by atoms with Crippen LogP contribution in [-0.4, -0.2) is 29.1 Å². The molecule has 5 heteroatoms. The van der Waals surface area contributed by atoms with Crippen molar-refractivity contribution in [2.24, 2.45) is 5.92 Å². The number of aromatic nitrogens is 2. The summed E-state index contributed by atoms with van der Waals surface area (Å²) in [6, 6.07) is 2.68. The van der Waals surface area contributed by atoms with Gasteiger partial charge in [0.2, 0.25) is 5.95 Å². The van der Waals surface area contributed by atoms with E-state index >= 15 is 0 Å². The molecule has 2 bridgehead atoms. The van der Waals surface area contributed by atoms with Crippen LogP contribution in [0.2, 0.25) is 0 Å². The molecule has 3 rings (SSSR count). The second-order valence-electron chi connectivity index (χ2n) is 4.99. The van der Waals surface area contributed by atoms with Crippen molar-refractivity contribution < 1.29 is 0 Å². The van der Waals surface area contributed by atoms with E-state index in [9.17, 15) is 0 Å². The van der Waals surface area contributed by atoms with Crippen LogP contribution in [0.25, 0.3) is 0 Å². The number of hydrogen-bond acceptors (Lipinski definition) is 5. The van der Waals surface area contributed by atoms with Crippen LogP contribution in [0.15, 0.2) is 6.07 Å². The average Bonchev–Trinajstić information content (AvgIpc) is 2.90. The van der Waals surface area contributed by atoms with E-state index in [0.717, 1.165) is 30.6 Å². The Labute approximate surface area is 101 Å². The summed E-state index contributed by atoms with van der Waals surface area (Å²) >= 11 is 0. The van der Waals surface area contributed by atoms with E-state index in [0.29, 0.717) is 12.0 Å². The quantitative estimate of drug-likeness (QED) is 0.827. The molecule has 2 aliphatic rings. The molecule has 5 nitrogen and oxygen atoms in total. The van der Waals surface area contributed by atoms with E-state index in [-0.39, 0.29) is 0 Å². The van der Waals surface area contributed by atoms with Crippen molar-refractivity contribution >= 4 is 17.6 Å². The highest BCUT2D eigenvalue weighted by Crippen LogP contribution is 2.39. The predicted octanol–water partition coefficient (Wildman–Crippen LogP) is 1.48. The zero-order valence-electron chi connectivity index (χ0n) is 10.2. The second-order valence-corrected chi connectivity index (χ2v) is 4.99. The van der Waals surface area contributed by atoms with Gasteiger partial charge in [0.1, 0.15) is 11.6 Å². The summed E-state index contributed by atoms with van der Waals surface area (Å²) in [5.41, 5.74) is 5.77. The number of nitrogens with two attached hydrogens (primary N) is 1. The molecule has 1 aromatic rings. The first-order valence-electron chi connectivity index (χ1n) is 6.41. The van der Waals surface area contributed by atoms with Crippen LogP contribution >= 0.6 is 0 Å². The molecule has 1 saturated carbocycles. The van der Waals surface area contributed by atoms with Gasteiger partial charge in [0.15, 0.2) is 0 Å². The standard InChI is InChI=1S/C12H19N5/c1-2-14-10-6-11(16-12(13)15-10)17-7-8-3-4-9(17)5-8/h6,8-9H,2-5,7H2,1H3,(H3,13,14,15,16). The average molecular weight is 233 g/mol. The lowest BCUT2D eigenvalue weighted by atomic mass is 10.1. The van der Waals surface area contributed by atoms with E-state index in [4.69, 9.17) is 5.73 Å². The molecule has 1 aliphatic carbocycles. The maximum Gasteiger partial charge on any atom is 0.223 e. The molecule has 0 spiro atoms. The smallest absolute Gasteiger partial charge is 0.223 e. The molecule has 2 heterocycles. The van der Waals surface area contributed by atoms with Gasteiger partial charge >= 0.3 is 0 Å². The lowest BCUT2D eigenvalue weighted by molar-refractivity contribution is 0.550. The molecule has 1 saturated heterocycles. The molecule has 3 N–H and O–H groups in total. The lowest BCUT2D eigenvalue weighted by Crippen LogP contribution is -2.32. The topological polar surface area (TPSA) is 67.1 Å². The summed E-state index contributed by atoms with van der Waals surface area (Å²) in [6.07, 6.45) is 3.99. The number of rotatable bonds is 3. The van der Waals surface area contributed by atoms with E-state index in [2.05, 4.69) is 27.1 Å². The molecule has 2 unspecified atom stereocenters. The van der Waals surface area contributed by atoms with Crippen molar-refractivity contribution in [2.75, 3.05) is 29.0 Å². The Kier molecular flexibility index (Phi) is 2.53. The van der Waals surface area contributed by atoms with Gasteiger partial charge in [0.25, 0.3) is 0 Å². The third-order valence-electron chi connectivity index (χ3n) is 3.79. The molecule has 1 aliphatic heterocycles. The van der Waals surface area contributed by atoms with Gasteiger partial charge < -0.3 is 16.0 Å². The summed E-state index contributed by atoms with van der Waals surface area (Å²) < 4.78 is 0. The number of hydrogen-bond donors (Lipinski definition) is 2. The summed E-state index contributed by atoms with van der Waals surface area (Å²) in [6.45, 7) is 4.03. The van der Waals surface area contributed by atoms with Crippen molar-refractivity contribution in [2.45, 2.75) is 32.2 Å². The Balaban J connectivity index is 1.87. The second kappa shape index (κ2) is 4.05. The summed E-state index contributed by atoms with van der Waals surface area (Å²) in [5.74, 6) is 3.04. The van der Waals surface area contributed by atoms with Gasteiger partial charge in [-0.05, 0) is 32.1 Å². The fourth-order valence-corrected chi connectivity index (χ4v) is 3.08. The lowest BCUT2D eigenvalue weighted by Gasteiger charge is -2.28. The summed E-state index contributed by atoms with van der Waals surface area (Å²) in [7, 11) is 0. The van der Waals surface area contributed by atoms with Crippen molar-refractivity contribution in [3.63, 3.8) is 0 Å². The molecule has 0 amide bonds. The molecule has 2 fully saturated rings. The van der Waals surface area contributed by atoms with Gasteiger partial charge in [-0.2, -0.15) is 9.97 Å². The first kappa shape index (κ1) is 10.6. The maximum absolute atomic E-state index is 5.77. The Morgan fingerprint density at radius 2 is 2.35 bits per heavy atom. The Morgan fingerprint density at radius 3 is 3.00 bits per heavy atom. The highest BCUT2D eigenvalue weighted by molar-refractivity contribution is 5.54. The van der Waals surface area contributed by atoms with Crippen LogP contribution < -0.4 is 16.0 Å². The maximum atomic E-state index is 5.77. The number of nitrogen functional groups attached to an aromatic ring is 1. The molecule has 1 aromatic heterocycles. The van der Waals surface area contributed by atoms with Crippen molar-refractivity contribution in [1.29, 1.82) is 0 Å². The van der Waals surface area contributed by atoms with E-state index in [1.165, 1.54) is 19.3 Å². The number of nitrogens with zero attached hydrogens (tertiary/aromatic N) is 3. The van der Waals surface area contributed by atoms with Gasteiger partial charge in [-0.1, -0.05) is 0 Å². The van der Waals surface area contributed by atoms with Crippen LogP contribution in [0.5, 0.6) is 0 Å². The van der Waals surface area contributed by atoms with Crippen LogP contribution in [0.1, 0.15) is 26.2 Å². The normalized spacial score (nSPS) is 26.5. The zero-order chi connectivity index (χ0) is 11.8. The van der Waals surface area contributed by atoms with E-state index in [1.54, 1.807) is 0 Å². The first-order chi connectivity index (χ1) is 8.26. The third kappa shape index (κ3) is 1.90. The molecule has 0 radical (unpaired) electrons. The Morgan fingerprint density at radius 1 is 1.47 bits per heavy atom. The van der Waals surface area contributed by atoms with Gasteiger partial charge in [-0.15, -0.1) is 0 Å². The van der Waals surface area contributed by atoms with Gasteiger partial charge in [0, 0.05) is 25.2 Å². The van der Waals surface area contributed by atoms with E-state index in [1.807, 2.05) is 6.07 Å². The molecule has 2 atom stereocenters. The highest BCUT2D eigenvalue weighted by atomic mass is 15.3. The number of nitrogens with one attached hydrogen (secondary N) is 1. The van der Waals surface area contributed by atoms with Crippen LogP contribution in [0.4, 0.5) is 17.6 Å². The fraction of sp³-hybridized carbons (Fsp3) is 0.667. The number of piperidine rings is 1. The SMILES string of the molecule is CCNc1cc(N2CC3CCC2C3)nc(N)n1. The largest absolute Gasteiger partial charge is 0.370 e. The minimum atomic E-state index is 0.362. The Hall–Kier alpha value is -1.52. The van der Waals surface area contributed by atoms with Gasteiger partial charge in [-0.3, -0.25) is 0 Å². The van der Waals surface area contributed by atoms with Crippen molar-refractivity contribution in [3.8, 4) is 0 Å². The number of fused-ring (bicyclic) bond motifs is 2. The predicted molar refractivity (Wildman–Crippen MR) is 69.1 cm³/mol. The van der Waals surface area contributed by atoms with Gasteiger partial charge in [0.05, 0.1) is 0 Å².